The molecule has 2 aromatic carbocycles. The van der Waals surface area contributed by atoms with Crippen molar-refractivity contribution in [3.8, 4) is 5.69 Å². The zero-order valence-corrected chi connectivity index (χ0v) is 13.7. The molecule has 0 fully saturated rings. The van der Waals surface area contributed by atoms with Crippen LogP contribution in [0.4, 0.5) is 4.39 Å². The summed E-state index contributed by atoms with van der Waals surface area (Å²) in [6.07, 6.45) is 0.628. The fourth-order valence-electron chi connectivity index (χ4n) is 2.49. The Labute approximate surface area is 135 Å². The SMILES string of the molecule is Cc1cc(F)cc(-n2c(CCCl)nc3cc(Br)ccc32)c1. The van der Waals surface area contributed by atoms with E-state index in [1.807, 2.05) is 35.8 Å². The summed E-state index contributed by atoms with van der Waals surface area (Å²) in [7, 11) is 0. The number of aryl methyl sites for hydroxylation is 2. The van der Waals surface area contributed by atoms with Crippen molar-refractivity contribution in [2.24, 2.45) is 0 Å². The molecule has 108 valence electrons. The summed E-state index contributed by atoms with van der Waals surface area (Å²) >= 11 is 9.33. The molecule has 1 heterocycles. The number of halogens is 3. The minimum absolute atomic E-state index is 0.249. The van der Waals surface area contributed by atoms with Crippen molar-refractivity contribution in [3.05, 3.63) is 58.1 Å². The van der Waals surface area contributed by atoms with E-state index in [-0.39, 0.29) is 5.82 Å². The predicted molar refractivity (Wildman–Crippen MR) is 87.9 cm³/mol. The van der Waals surface area contributed by atoms with E-state index in [1.54, 1.807) is 0 Å². The van der Waals surface area contributed by atoms with Crippen LogP contribution in [0.3, 0.4) is 0 Å². The summed E-state index contributed by atoms with van der Waals surface area (Å²) in [6.45, 7) is 1.88. The van der Waals surface area contributed by atoms with E-state index < -0.39 is 0 Å². The number of hydrogen-bond donors (Lipinski definition) is 0. The van der Waals surface area contributed by atoms with Crippen LogP contribution in [0.1, 0.15) is 11.4 Å². The van der Waals surface area contributed by atoms with Gasteiger partial charge in [-0.3, -0.25) is 4.57 Å². The molecule has 5 heteroatoms. The average molecular weight is 368 g/mol. The van der Waals surface area contributed by atoms with Gasteiger partial charge in [-0.1, -0.05) is 15.9 Å². The Morgan fingerprint density at radius 3 is 2.76 bits per heavy atom. The highest BCUT2D eigenvalue weighted by molar-refractivity contribution is 9.10. The van der Waals surface area contributed by atoms with Gasteiger partial charge in [0, 0.05) is 16.8 Å². The van der Waals surface area contributed by atoms with Crippen molar-refractivity contribution < 1.29 is 4.39 Å². The number of nitrogens with zero attached hydrogens (tertiary/aromatic N) is 2. The van der Waals surface area contributed by atoms with E-state index in [0.29, 0.717) is 12.3 Å². The van der Waals surface area contributed by atoms with Gasteiger partial charge >= 0.3 is 0 Å². The number of hydrogen-bond acceptors (Lipinski definition) is 1. The molecule has 3 aromatic rings. The summed E-state index contributed by atoms with van der Waals surface area (Å²) in [4.78, 5) is 4.63. The third-order valence-electron chi connectivity index (χ3n) is 3.29. The first-order valence-corrected chi connectivity index (χ1v) is 7.91. The van der Waals surface area contributed by atoms with Gasteiger partial charge in [0.1, 0.15) is 11.6 Å². The maximum atomic E-state index is 13.7. The third-order valence-corrected chi connectivity index (χ3v) is 3.97. The minimum atomic E-state index is -0.249. The van der Waals surface area contributed by atoms with E-state index in [1.165, 1.54) is 12.1 Å². The molecular weight excluding hydrogens is 355 g/mol. The Hall–Kier alpha value is -1.39. The van der Waals surface area contributed by atoms with Crippen molar-refractivity contribution in [1.29, 1.82) is 0 Å². The van der Waals surface area contributed by atoms with E-state index in [0.717, 1.165) is 32.6 Å². The maximum absolute atomic E-state index is 13.7. The summed E-state index contributed by atoms with van der Waals surface area (Å²) in [5, 5.41) is 0. The summed E-state index contributed by atoms with van der Waals surface area (Å²) < 4.78 is 16.7. The van der Waals surface area contributed by atoms with Gasteiger partial charge in [-0.25, -0.2) is 9.37 Å². The smallest absolute Gasteiger partial charge is 0.125 e. The quantitative estimate of drug-likeness (QED) is 0.595. The van der Waals surface area contributed by atoms with Crippen LogP contribution in [0, 0.1) is 12.7 Å². The molecule has 0 saturated carbocycles. The molecule has 0 N–H and O–H groups in total. The van der Waals surface area contributed by atoms with E-state index in [2.05, 4.69) is 20.9 Å². The van der Waals surface area contributed by atoms with Gasteiger partial charge in [0.25, 0.3) is 0 Å². The Morgan fingerprint density at radius 1 is 1.24 bits per heavy atom. The van der Waals surface area contributed by atoms with Gasteiger partial charge in [0.2, 0.25) is 0 Å². The Balaban J connectivity index is 2.30. The van der Waals surface area contributed by atoms with Crippen molar-refractivity contribution in [3.63, 3.8) is 0 Å². The van der Waals surface area contributed by atoms with Gasteiger partial charge in [-0.05, 0) is 48.9 Å². The van der Waals surface area contributed by atoms with Crippen LogP contribution < -0.4 is 0 Å². The second kappa shape index (κ2) is 5.78. The lowest BCUT2D eigenvalue weighted by molar-refractivity contribution is 0.625. The first-order chi connectivity index (χ1) is 10.1. The molecule has 2 nitrogen and oxygen atoms in total. The number of benzene rings is 2. The molecule has 0 atom stereocenters. The number of aromatic nitrogens is 2. The largest absolute Gasteiger partial charge is 0.296 e. The lowest BCUT2D eigenvalue weighted by Gasteiger charge is -2.10. The van der Waals surface area contributed by atoms with Gasteiger partial charge in [-0.15, -0.1) is 11.6 Å². The lowest BCUT2D eigenvalue weighted by atomic mass is 10.2. The molecule has 0 spiro atoms. The molecule has 0 radical (unpaired) electrons. The first kappa shape index (κ1) is 14.5. The fraction of sp³-hybridized carbons (Fsp3) is 0.188. The zero-order chi connectivity index (χ0) is 15.0. The van der Waals surface area contributed by atoms with Crippen LogP contribution in [0.25, 0.3) is 16.7 Å². The lowest BCUT2D eigenvalue weighted by Crippen LogP contribution is -2.03. The van der Waals surface area contributed by atoms with E-state index >= 15 is 0 Å². The van der Waals surface area contributed by atoms with Gasteiger partial charge in [-0.2, -0.15) is 0 Å². The van der Waals surface area contributed by atoms with E-state index in [9.17, 15) is 4.39 Å². The van der Waals surface area contributed by atoms with Crippen LogP contribution in [0.2, 0.25) is 0 Å². The van der Waals surface area contributed by atoms with Crippen LogP contribution in [-0.2, 0) is 6.42 Å². The fourth-order valence-corrected chi connectivity index (χ4v) is 3.01. The Kier molecular flexibility index (Phi) is 4.00. The van der Waals surface area contributed by atoms with Crippen LogP contribution in [0.15, 0.2) is 40.9 Å². The zero-order valence-electron chi connectivity index (χ0n) is 11.4. The molecule has 0 aliphatic carbocycles. The minimum Gasteiger partial charge on any atom is -0.296 e. The highest BCUT2D eigenvalue weighted by atomic mass is 79.9. The van der Waals surface area contributed by atoms with Gasteiger partial charge in [0.05, 0.1) is 16.7 Å². The molecule has 3 rings (SSSR count). The molecule has 0 aliphatic heterocycles. The molecular formula is C16H13BrClFN2. The van der Waals surface area contributed by atoms with Crippen molar-refractivity contribution >= 4 is 38.6 Å². The number of rotatable bonds is 3. The van der Waals surface area contributed by atoms with Gasteiger partial charge < -0.3 is 0 Å². The third kappa shape index (κ3) is 2.83. The maximum Gasteiger partial charge on any atom is 0.125 e. The molecule has 0 saturated heterocycles. The molecule has 0 unspecified atom stereocenters. The van der Waals surface area contributed by atoms with Crippen molar-refractivity contribution in [2.75, 3.05) is 5.88 Å². The summed E-state index contributed by atoms with van der Waals surface area (Å²) in [5.74, 6) is 1.06. The standard InChI is InChI=1S/C16H13BrClFN2/c1-10-6-12(19)9-13(7-10)21-15-3-2-11(17)8-14(15)20-16(21)4-5-18/h2-3,6-9H,4-5H2,1H3. The Morgan fingerprint density at radius 2 is 2.05 bits per heavy atom. The number of fused-ring (bicyclic) bond motifs is 1. The van der Waals surface area contributed by atoms with Crippen molar-refractivity contribution in [1.82, 2.24) is 9.55 Å². The normalized spacial score (nSPS) is 11.2. The number of alkyl halides is 1. The monoisotopic (exact) mass is 366 g/mol. The van der Waals surface area contributed by atoms with Crippen LogP contribution >= 0.6 is 27.5 Å². The van der Waals surface area contributed by atoms with Gasteiger partial charge in [0.15, 0.2) is 0 Å². The molecule has 0 bridgehead atoms. The summed E-state index contributed by atoms with van der Waals surface area (Å²) in [6, 6.07) is 10.9. The van der Waals surface area contributed by atoms with Crippen LogP contribution in [-0.4, -0.2) is 15.4 Å². The topological polar surface area (TPSA) is 17.8 Å². The molecule has 1 aromatic heterocycles. The number of imidazole rings is 1. The second-order valence-electron chi connectivity index (χ2n) is 4.92. The van der Waals surface area contributed by atoms with Crippen LogP contribution in [0.5, 0.6) is 0 Å². The molecule has 21 heavy (non-hydrogen) atoms. The highest BCUT2D eigenvalue weighted by Crippen LogP contribution is 2.26. The first-order valence-electron chi connectivity index (χ1n) is 6.59. The van der Waals surface area contributed by atoms with Crippen molar-refractivity contribution in [2.45, 2.75) is 13.3 Å². The highest BCUT2D eigenvalue weighted by Gasteiger charge is 2.13. The van der Waals surface area contributed by atoms with E-state index in [4.69, 9.17) is 11.6 Å². The Bertz CT molecular complexity index is 793. The predicted octanol–water partition coefficient (Wildman–Crippen LogP) is 5.02. The average Bonchev–Trinajstić information content (AvgIpc) is 2.75. The second-order valence-corrected chi connectivity index (χ2v) is 6.22. The summed E-state index contributed by atoms with van der Waals surface area (Å²) in [5.41, 5.74) is 3.47. The molecule has 0 amide bonds. The molecule has 0 aliphatic rings.